The summed E-state index contributed by atoms with van der Waals surface area (Å²) in [6.07, 6.45) is 2.47. The number of hydrogen-bond acceptors (Lipinski definition) is 6. The van der Waals surface area contributed by atoms with Crippen molar-refractivity contribution in [2.75, 3.05) is 5.01 Å². The number of amides is 1. The van der Waals surface area contributed by atoms with E-state index in [1.165, 1.54) is 28.5 Å². The van der Waals surface area contributed by atoms with Crippen molar-refractivity contribution in [2.45, 2.75) is 33.1 Å². The third kappa shape index (κ3) is 4.35. The highest BCUT2D eigenvalue weighted by atomic mass is 32.1. The molecule has 0 saturated heterocycles. The van der Waals surface area contributed by atoms with Crippen LogP contribution in [0, 0.1) is 35.8 Å². The normalized spacial score (nSPS) is 17.5. The molecule has 0 spiro atoms. The van der Waals surface area contributed by atoms with Gasteiger partial charge in [-0.2, -0.15) is 5.10 Å². The van der Waals surface area contributed by atoms with E-state index < -0.39 is 11.9 Å². The van der Waals surface area contributed by atoms with Crippen LogP contribution in [0.1, 0.15) is 39.2 Å². The summed E-state index contributed by atoms with van der Waals surface area (Å²) in [5.74, 6) is -1.28. The van der Waals surface area contributed by atoms with Gasteiger partial charge in [0.15, 0.2) is 0 Å². The van der Waals surface area contributed by atoms with E-state index >= 15 is 0 Å². The van der Waals surface area contributed by atoms with Crippen molar-refractivity contribution in [3.8, 4) is 10.4 Å². The second kappa shape index (κ2) is 8.74. The number of nitro benzene ring substituents is 1. The van der Waals surface area contributed by atoms with E-state index in [2.05, 4.69) is 5.10 Å². The smallest absolute Gasteiger partial charge is 0.335 e. The maximum Gasteiger partial charge on any atom is 0.335 e. The summed E-state index contributed by atoms with van der Waals surface area (Å²) in [5, 5.41) is 26.8. The molecule has 1 saturated carbocycles. The zero-order valence-corrected chi connectivity index (χ0v) is 20.0. The molecule has 9 heteroatoms. The fourth-order valence-electron chi connectivity index (χ4n) is 4.36. The molecule has 1 N–H and O–H groups in total. The lowest BCUT2D eigenvalue weighted by atomic mass is 9.95. The number of thiophene rings is 1. The van der Waals surface area contributed by atoms with Crippen LogP contribution in [0.25, 0.3) is 10.4 Å². The van der Waals surface area contributed by atoms with Crippen LogP contribution >= 0.6 is 11.3 Å². The number of carboxylic acids is 1. The second-order valence-corrected chi connectivity index (χ2v) is 10.2. The van der Waals surface area contributed by atoms with Crippen molar-refractivity contribution in [3.63, 3.8) is 0 Å². The lowest BCUT2D eigenvalue weighted by Gasteiger charge is -2.14. The van der Waals surface area contributed by atoms with Crippen LogP contribution in [-0.4, -0.2) is 27.6 Å². The first kappa shape index (κ1) is 22.9. The molecule has 1 aromatic heterocycles. The molecule has 3 aromatic rings. The fourth-order valence-corrected chi connectivity index (χ4v) is 5.44. The van der Waals surface area contributed by atoms with Gasteiger partial charge in [0.1, 0.15) is 0 Å². The second-order valence-electron chi connectivity index (χ2n) is 9.03. The van der Waals surface area contributed by atoms with Gasteiger partial charge in [0, 0.05) is 15.8 Å². The number of nitro groups is 1. The minimum Gasteiger partial charge on any atom is -0.478 e. The molecule has 1 unspecified atom stereocenters. The number of benzene rings is 2. The number of rotatable bonds is 7. The molecule has 1 aliphatic carbocycles. The van der Waals surface area contributed by atoms with Gasteiger partial charge in [-0.25, -0.2) is 9.80 Å². The molecule has 0 bridgehead atoms. The largest absolute Gasteiger partial charge is 0.478 e. The minimum atomic E-state index is -1.03. The van der Waals surface area contributed by atoms with E-state index in [4.69, 9.17) is 5.11 Å². The summed E-state index contributed by atoms with van der Waals surface area (Å²) in [5.41, 5.74) is 4.07. The quantitative estimate of drug-likeness (QED) is 0.342. The Bertz CT molecular complexity index is 1390. The van der Waals surface area contributed by atoms with Gasteiger partial charge < -0.3 is 5.11 Å². The standard InChI is InChI=1S/C26H23N3O5S/c1-14-11-20(22(29(33)34)12-15(14)2)23-10-9-19(35-23)13-21-24(16-3-4-16)27-28(25(21)30)18-7-5-17(6-8-18)26(31)32/h5-12,16,21H,3-4,13H2,1-2H3,(H,31,32). The molecule has 1 amide bonds. The molecule has 2 aliphatic rings. The van der Waals surface area contributed by atoms with Gasteiger partial charge in [0.05, 0.1) is 33.4 Å². The average Bonchev–Trinajstić information content (AvgIpc) is 3.48. The Labute approximate surface area is 205 Å². The topological polar surface area (TPSA) is 113 Å². The van der Waals surface area contributed by atoms with Gasteiger partial charge in [-0.15, -0.1) is 11.3 Å². The molecular weight excluding hydrogens is 466 g/mol. The monoisotopic (exact) mass is 489 g/mol. The Balaban J connectivity index is 1.42. The van der Waals surface area contributed by atoms with Crippen molar-refractivity contribution < 1.29 is 19.6 Å². The molecule has 0 radical (unpaired) electrons. The maximum absolute atomic E-state index is 13.4. The highest BCUT2D eigenvalue weighted by molar-refractivity contribution is 7.15. The zero-order chi connectivity index (χ0) is 24.9. The van der Waals surface area contributed by atoms with Crippen LogP contribution in [0.4, 0.5) is 11.4 Å². The lowest BCUT2D eigenvalue weighted by molar-refractivity contribution is -0.384. The molecule has 5 rings (SSSR count). The Morgan fingerprint density at radius 2 is 1.83 bits per heavy atom. The van der Waals surface area contributed by atoms with Crippen molar-refractivity contribution in [1.82, 2.24) is 0 Å². The summed E-state index contributed by atoms with van der Waals surface area (Å²) in [6, 6.07) is 13.4. The molecule has 1 aliphatic heterocycles. The number of aromatic carboxylic acids is 1. The molecule has 1 fully saturated rings. The van der Waals surface area contributed by atoms with Gasteiger partial charge in [0.2, 0.25) is 0 Å². The van der Waals surface area contributed by atoms with Crippen molar-refractivity contribution in [1.29, 1.82) is 0 Å². The highest BCUT2D eigenvalue weighted by Gasteiger charge is 2.43. The highest BCUT2D eigenvalue weighted by Crippen LogP contribution is 2.41. The van der Waals surface area contributed by atoms with Crippen molar-refractivity contribution >= 4 is 40.3 Å². The van der Waals surface area contributed by atoms with Crippen LogP contribution in [0.2, 0.25) is 0 Å². The third-order valence-corrected chi connectivity index (χ3v) is 7.72. The number of aryl methyl sites for hydroxylation is 2. The summed E-state index contributed by atoms with van der Waals surface area (Å²) in [7, 11) is 0. The summed E-state index contributed by atoms with van der Waals surface area (Å²) < 4.78 is 0. The average molecular weight is 490 g/mol. The minimum absolute atomic E-state index is 0.0784. The SMILES string of the molecule is Cc1cc(-c2ccc(CC3C(=O)N(c4ccc(C(=O)O)cc4)N=C3C3CC3)s2)c([N+](=O)[O-])cc1C. The molecular formula is C26H23N3O5S. The van der Waals surface area contributed by atoms with E-state index in [1.54, 1.807) is 18.2 Å². The van der Waals surface area contributed by atoms with E-state index in [0.717, 1.165) is 39.4 Å². The van der Waals surface area contributed by atoms with Gasteiger partial charge in [-0.1, -0.05) is 0 Å². The van der Waals surface area contributed by atoms with Gasteiger partial charge in [-0.05, 0) is 92.6 Å². The van der Waals surface area contributed by atoms with Crippen LogP contribution < -0.4 is 5.01 Å². The van der Waals surface area contributed by atoms with Crippen LogP contribution in [0.5, 0.6) is 0 Å². The van der Waals surface area contributed by atoms with Crippen LogP contribution in [-0.2, 0) is 11.2 Å². The maximum atomic E-state index is 13.4. The number of anilines is 1. The predicted molar refractivity (Wildman–Crippen MR) is 134 cm³/mol. The predicted octanol–water partition coefficient (Wildman–Crippen LogP) is 5.61. The summed E-state index contributed by atoms with van der Waals surface area (Å²) >= 11 is 1.46. The third-order valence-electron chi connectivity index (χ3n) is 6.57. The lowest BCUT2D eigenvalue weighted by Crippen LogP contribution is -2.29. The number of hydrazone groups is 1. The van der Waals surface area contributed by atoms with E-state index in [0.29, 0.717) is 17.7 Å². The molecule has 35 heavy (non-hydrogen) atoms. The number of carboxylic acid groups (broad SMARTS) is 1. The first-order valence-electron chi connectivity index (χ1n) is 11.3. The number of hydrogen-bond donors (Lipinski definition) is 1. The molecule has 8 nitrogen and oxygen atoms in total. The molecule has 178 valence electrons. The molecule has 1 atom stereocenters. The summed E-state index contributed by atoms with van der Waals surface area (Å²) in [6.45, 7) is 3.79. The van der Waals surface area contributed by atoms with Crippen LogP contribution in [0.3, 0.4) is 0 Å². The Morgan fingerprint density at radius 1 is 1.14 bits per heavy atom. The Hall–Kier alpha value is -3.85. The zero-order valence-electron chi connectivity index (χ0n) is 19.2. The van der Waals surface area contributed by atoms with E-state index in [-0.39, 0.29) is 28.0 Å². The number of nitrogens with zero attached hydrogens (tertiary/aromatic N) is 3. The van der Waals surface area contributed by atoms with E-state index in [9.17, 15) is 19.7 Å². The Morgan fingerprint density at radius 3 is 2.46 bits per heavy atom. The summed E-state index contributed by atoms with van der Waals surface area (Å²) in [4.78, 5) is 37.6. The molecule has 2 heterocycles. The van der Waals surface area contributed by atoms with Gasteiger partial charge >= 0.3 is 5.97 Å². The van der Waals surface area contributed by atoms with Gasteiger partial charge in [0.25, 0.3) is 11.6 Å². The fraction of sp³-hybridized carbons (Fsp3) is 0.269. The van der Waals surface area contributed by atoms with Crippen molar-refractivity contribution in [3.05, 3.63) is 80.2 Å². The van der Waals surface area contributed by atoms with E-state index in [1.807, 2.05) is 32.0 Å². The van der Waals surface area contributed by atoms with Gasteiger partial charge in [-0.3, -0.25) is 14.9 Å². The Kier molecular flexibility index (Phi) is 5.72. The van der Waals surface area contributed by atoms with Crippen LogP contribution in [0.15, 0.2) is 53.6 Å². The first-order chi connectivity index (χ1) is 16.7. The van der Waals surface area contributed by atoms with Crippen molar-refractivity contribution in [2.24, 2.45) is 16.9 Å². The molecule has 2 aromatic carbocycles. The first-order valence-corrected chi connectivity index (χ1v) is 12.1. The number of carbonyl (C=O) groups excluding carboxylic acids is 1. The number of carbonyl (C=O) groups is 2.